The molecule has 0 fully saturated rings. The smallest absolute Gasteiger partial charge is 0.406 e. The van der Waals surface area contributed by atoms with Crippen molar-refractivity contribution in [3.05, 3.63) is 11.9 Å². The van der Waals surface area contributed by atoms with Crippen molar-refractivity contribution in [2.45, 2.75) is 0 Å². The summed E-state index contributed by atoms with van der Waals surface area (Å²) in [6.45, 7) is 2.98. The molecule has 94 valence electrons. The van der Waals surface area contributed by atoms with Gasteiger partial charge in [0.15, 0.2) is 0 Å². The van der Waals surface area contributed by atoms with Crippen LogP contribution in [0.3, 0.4) is 0 Å². The van der Waals surface area contributed by atoms with Gasteiger partial charge in [0.25, 0.3) is 0 Å². The zero-order valence-corrected chi connectivity index (χ0v) is 9.58. The first-order valence-corrected chi connectivity index (χ1v) is 5.11. The lowest BCUT2D eigenvalue weighted by Crippen LogP contribution is -2.31. The van der Waals surface area contributed by atoms with Gasteiger partial charge in [0, 0.05) is 44.6 Å². The van der Waals surface area contributed by atoms with Gasteiger partial charge in [-0.2, -0.15) is 0 Å². The van der Waals surface area contributed by atoms with Crippen molar-refractivity contribution in [3.63, 3.8) is 0 Å². The maximum Gasteiger partial charge on any atom is 0.406 e. The van der Waals surface area contributed by atoms with Crippen LogP contribution in [0.5, 0.6) is 0 Å². The zero-order chi connectivity index (χ0) is 12.2. The van der Waals surface area contributed by atoms with Gasteiger partial charge in [-0.15, -0.1) is 0 Å². The van der Waals surface area contributed by atoms with Gasteiger partial charge in [-0.05, 0) is 0 Å². The molecule has 0 atom stereocenters. The Kier molecular flexibility index (Phi) is 9.14. The van der Waals surface area contributed by atoms with E-state index in [0.29, 0.717) is 31.9 Å². The van der Waals surface area contributed by atoms with Gasteiger partial charge in [0.1, 0.15) is 0 Å². The standard InChI is InChI=1S/C9H21N5O2/c1-16-9(15)14-5-4-13-7-8(11)6-12-3-2-10/h7,12-13H,2-6,10-11H2,1H3,(H,14,15)/b8-7-. The predicted octanol–water partition coefficient (Wildman–Crippen LogP) is -1.72. The number of rotatable bonds is 8. The Labute approximate surface area is 95.6 Å². The first kappa shape index (κ1) is 14.5. The van der Waals surface area contributed by atoms with Crippen molar-refractivity contribution in [2.75, 3.05) is 39.8 Å². The van der Waals surface area contributed by atoms with E-state index in [4.69, 9.17) is 11.5 Å². The Morgan fingerprint density at radius 3 is 2.75 bits per heavy atom. The van der Waals surface area contributed by atoms with E-state index < -0.39 is 6.09 Å². The van der Waals surface area contributed by atoms with Crippen LogP contribution in [0, 0.1) is 0 Å². The summed E-state index contributed by atoms with van der Waals surface area (Å²) in [5.41, 5.74) is 11.7. The first-order chi connectivity index (χ1) is 7.70. The highest BCUT2D eigenvalue weighted by atomic mass is 16.5. The lowest BCUT2D eigenvalue weighted by atomic mass is 10.4. The van der Waals surface area contributed by atoms with Crippen LogP contribution < -0.4 is 27.4 Å². The average molecular weight is 231 g/mol. The number of carbonyl (C=O) groups excluding carboxylic acids is 1. The van der Waals surface area contributed by atoms with Crippen LogP contribution in [0.4, 0.5) is 4.79 Å². The maximum absolute atomic E-state index is 10.7. The molecule has 0 rings (SSSR count). The number of amides is 1. The number of ether oxygens (including phenoxy) is 1. The van der Waals surface area contributed by atoms with E-state index >= 15 is 0 Å². The average Bonchev–Trinajstić information content (AvgIpc) is 2.28. The highest BCUT2D eigenvalue weighted by Crippen LogP contribution is 1.77. The van der Waals surface area contributed by atoms with Crippen LogP contribution in [-0.2, 0) is 4.74 Å². The normalized spacial score (nSPS) is 11.0. The summed E-state index contributed by atoms with van der Waals surface area (Å²) in [6, 6.07) is 0. The Hall–Kier alpha value is -1.47. The molecule has 1 amide bonds. The summed E-state index contributed by atoms with van der Waals surface area (Å²) in [4.78, 5) is 10.7. The van der Waals surface area contributed by atoms with Crippen LogP contribution >= 0.6 is 0 Å². The Morgan fingerprint density at radius 2 is 2.12 bits per heavy atom. The molecule has 0 aromatic carbocycles. The first-order valence-electron chi connectivity index (χ1n) is 5.11. The number of alkyl carbamates (subject to hydrolysis) is 1. The third-order valence-electron chi connectivity index (χ3n) is 1.66. The van der Waals surface area contributed by atoms with Crippen molar-refractivity contribution in [1.82, 2.24) is 16.0 Å². The molecule has 0 aliphatic heterocycles. The van der Waals surface area contributed by atoms with Gasteiger partial charge in [0.05, 0.1) is 7.11 Å². The summed E-state index contributed by atoms with van der Waals surface area (Å²) >= 11 is 0. The molecular weight excluding hydrogens is 210 g/mol. The molecular formula is C9H21N5O2. The highest BCUT2D eigenvalue weighted by Gasteiger charge is 1.94. The molecule has 0 saturated carbocycles. The van der Waals surface area contributed by atoms with E-state index in [1.54, 1.807) is 6.20 Å². The molecule has 0 aromatic rings. The van der Waals surface area contributed by atoms with Crippen LogP contribution in [0.15, 0.2) is 11.9 Å². The van der Waals surface area contributed by atoms with E-state index in [0.717, 1.165) is 6.54 Å². The Morgan fingerprint density at radius 1 is 1.38 bits per heavy atom. The minimum atomic E-state index is -0.441. The van der Waals surface area contributed by atoms with E-state index in [9.17, 15) is 4.79 Å². The second-order valence-electron chi connectivity index (χ2n) is 3.06. The molecule has 16 heavy (non-hydrogen) atoms. The Balaban J connectivity index is 3.40. The molecule has 0 bridgehead atoms. The Bertz CT molecular complexity index is 220. The minimum absolute atomic E-state index is 0.441. The van der Waals surface area contributed by atoms with Crippen LogP contribution in [-0.4, -0.2) is 45.9 Å². The third-order valence-corrected chi connectivity index (χ3v) is 1.66. The molecule has 0 unspecified atom stereocenters. The van der Waals surface area contributed by atoms with Gasteiger partial charge in [-0.25, -0.2) is 4.79 Å². The van der Waals surface area contributed by atoms with Crippen LogP contribution in [0.25, 0.3) is 0 Å². The SMILES string of the molecule is COC(=O)NCCN/C=C(\N)CNCCN. The van der Waals surface area contributed by atoms with Gasteiger partial charge in [-0.1, -0.05) is 0 Å². The van der Waals surface area contributed by atoms with Gasteiger partial charge < -0.3 is 32.2 Å². The van der Waals surface area contributed by atoms with E-state index in [-0.39, 0.29) is 0 Å². The molecule has 7 nitrogen and oxygen atoms in total. The number of nitrogens with one attached hydrogen (secondary N) is 3. The largest absolute Gasteiger partial charge is 0.453 e. The topological polar surface area (TPSA) is 114 Å². The number of carbonyl (C=O) groups is 1. The fourth-order valence-corrected chi connectivity index (χ4v) is 0.898. The van der Waals surface area contributed by atoms with Crippen molar-refractivity contribution in [3.8, 4) is 0 Å². The van der Waals surface area contributed by atoms with E-state index in [1.807, 2.05) is 0 Å². The fourth-order valence-electron chi connectivity index (χ4n) is 0.898. The second kappa shape index (κ2) is 10.1. The molecule has 0 aromatic heterocycles. The molecule has 0 spiro atoms. The summed E-state index contributed by atoms with van der Waals surface area (Å²) in [5, 5.41) is 8.55. The quantitative estimate of drug-likeness (QED) is 0.317. The molecule has 0 saturated heterocycles. The number of nitrogens with two attached hydrogens (primary N) is 2. The molecule has 7 N–H and O–H groups in total. The minimum Gasteiger partial charge on any atom is -0.453 e. The molecule has 0 heterocycles. The van der Waals surface area contributed by atoms with E-state index in [2.05, 4.69) is 20.7 Å². The van der Waals surface area contributed by atoms with Crippen molar-refractivity contribution in [1.29, 1.82) is 0 Å². The summed E-state index contributed by atoms with van der Waals surface area (Å²) in [6.07, 6.45) is 1.26. The summed E-state index contributed by atoms with van der Waals surface area (Å²) < 4.78 is 4.40. The van der Waals surface area contributed by atoms with Gasteiger partial charge in [-0.3, -0.25) is 0 Å². The summed E-state index contributed by atoms with van der Waals surface area (Å²) in [5.74, 6) is 0. The monoisotopic (exact) mass is 231 g/mol. The highest BCUT2D eigenvalue weighted by molar-refractivity contribution is 5.66. The fraction of sp³-hybridized carbons (Fsp3) is 0.667. The van der Waals surface area contributed by atoms with E-state index in [1.165, 1.54) is 7.11 Å². The van der Waals surface area contributed by atoms with Crippen molar-refractivity contribution >= 4 is 6.09 Å². The van der Waals surface area contributed by atoms with Crippen molar-refractivity contribution < 1.29 is 9.53 Å². The van der Waals surface area contributed by atoms with Crippen molar-refractivity contribution in [2.24, 2.45) is 11.5 Å². The number of hydrogen-bond donors (Lipinski definition) is 5. The molecule has 0 aliphatic carbocycles. The van der Waals surface area contributed by atoms with Crippen LogP contribution in [0.2, 0.25) is 0 Å². The third kappa shape index (κ3) is 9.10. The van der Waals surface area contributed by atoms with Crippen LogP contribution in [0.1, 0.15) is 0 Å². The second-order valence-corrected chi connectivity index (χ2v) is 3.06. The van der Waals surface area contributed by atoms with Gasteiger partial charge >= 0.3 is 6.09 Å². The predicted molar refractivity (Wildman–Crippen MR) is 62.6 cm³/mol. The summed E-state index contributed by atoms with van der Waals surface area (Å²) in [7, 11) is 1.32. The zero-order valence-electron chi connectivity index (χ0n) is 9.58. The lowest BCUT2D eigenvalue weighted by Gasteiger charge is -2.06. The molecule has 0 radical (unpaired) electrons. The maximum atomic E-state index is 10.7. The molecule has 0 aliphatic rings. The number of hydrogen-bond acceptors (Lipinski definition) is 6. The molecule has 7 heteroatoms. The number of methoxy groups -OCH3 is 1. The van der Waals surface area contributed by atoms with Gasteiger partial charge in [0.2, 0.25) is 0 Å². The lowest BCUT2D eigenvalue weighted by molar-refractivity contribution is 0.171.